The molecule has 1 fully saturated rings. The van der Waals surface area contributed by atoms with Gasteiger partial charge in [0, 0.05) is 36.2 Å². The van der Waals surface area contributed by atoms with Gasteiger partial charge in [-0.15, -0.1) is 0 Å². The summed E-state index contributed by atoms with van der Waals surface area (Å²) >= 11 is 5.90. The summed E-state index contributed by atoms with van der Waals surface area (Å²) in [6.45, 7) is 2.87. The molecule has 4 N–H and O–H groups in total. The third kappa shape index (κ3) is 7.11. The molecular weight excluding hydrogens is 580 g/mol. The average Bonchev–Trinajstić information content (AvgIpc) is 3.33. The van der Waals surface area contributed by atoms with Gasteiger partial charge in [0.25, 0.3) is 11.8 Å². The molecule has 1 aliphatic heterocycles. The fourth-order valence-electron chi connectivity index (χ4n) is 4.33. The smallest absolute Gasteiger partial charge is 0.398 e. The van der Waals surface area contributed by atoms with E-state index in [1.165, 1.54) is 49.6 Å². The molecule has 0 saturated carbocycles. The number of rotatable bonds is 9. The largest absolute Gasteiger partial charge is 0.493 e. The van der Waals surface area contributed by atoms with Crippen LogP contribution in [0.4, 0.5) is 17.6 Å². The van der Waals surface area contributed by atoms with Crippen LogP contribution in [0.15, 0.2) is 48.5 Å². The number of pyridine rings is 1. The molecule has 0 spiro atoms. The molecule has 13 heteroatoms. The molecule has 0 aliphatic carbocycles. The number of carbonyl (C=O) groups is 2. The number of nitrogens with two attached hydrogens (primary N) is 1. The fourth-order valence-corrected chi connectivity index (χ4v) is 4.51. The van der Waals surface area contributed by atoms with Crippen molar-refractivity contribution in [3.63, 3.8) is 0 Å². The maximum atomic E-state index is 14.4. The van der Waals surface area contributed by atoms with Crippen molar-refractivity contribution in [1.29, 1.82) is 0 Å². The van der Waals surface area contributed by atoms with Gasteiger partial charge in [0.1, 0.15) is 11.7 Å². The Hall–Kier alpha value is -3.90. The third-order valence-electron chi connectivity index (χ3n) is 6.72. The van der Waals surface area contributed by atoms with E-state index in [4.69, 9.17) is 26.8 Å². The molecule has 42 heavy (non-hydrogen) atoms. The Kier molecular flexibility index (Phi) is 8.98. The summed E-state index contributed by atoms with van der Waals surface area (Å²) in [5.74, 6) is -3.62. The van der Waals surface area contributed by atoms with Gasteiger partial charge in [0.2, 0.25) is 0 Å². The van der Waals surface area contributed by atoms with E-state index in [2.05, 4.69) is 15.6 Å². The lowest BCUT2D eigenvalue weighted by molar-refractivity contribution is -0.149. The molecule has 8 nitrogen and oxygen atoms in total. The monoisotopic (exact) mass is 608 g/mol. The number of hydrogen-bond donors (Lipinski definition) is 3. The van der Waals surface area contributed by atoms with Crippen molar-refractivity contribution >= 4 is 23.4 Å². The maximum absolute atomic E-state index is 14.4. The van der Waals surface area contributed by atoms with Crippen molar-refractivity contribution in [2.75, 3.05) is 20.2 Å². The predicted molar refractivity (Wildman–Crippen MR) is 148 cm³/mol. The summed E-state index contributed by atoms with van der Waals surface area (Å²) in [6.07, 6.45) is -5.06. The number of nitrogens with zero attached hydrogens (tertiary/aromatic N) is 1. The van der Waals surface area contributed by atoms with Crippen LogP contribution < -0.4 is 25.8 Å². The van der Waals surface area contributed by atoms with Crippen LogP contribution in [0.1, 0.15) is 47.8 Å². The van der Waals surface area contributed by atoms with Crippen LogP contribution in [-0.4, -0.2) is 49.3 Å². The lowest BCUT2D eigenvalue weighted by atomic mass is 9.91. The van der Waals surface area contributed by atoms with Gasteiger partial charge in [-0.25, -0.2) is 4.39 Å². The standard InChI is InChI=1S/C29H29ClF4N4O4/c1-28(2,35)17-12-21(15-4-6-20(31)19(30)10-15)38-22(13-17)18(29(32,33)34)14-37-26(39)16-5-7-23(25(11-16)41-3)42-24-8-9-36-27(24)40/h4-7,10-13,18,24H,8-9,14,35H2,1-3H3,(H,36,40)(H,37,39)/t18?,24-/m0/s1. The van der Waals surface area contributed by atoms with E-state index in [1.807, 2.05) is 0 Å². The number of amides is 2. The Morgan fingerprint density at radius 1 is 1.17 bits per heavy atom. The molecule has 1 aromatic heterocycles. The van der Waals surface area contributed by atoms with Gasteiger partial charge in [-0.3, -0.25) is 14.6 Å². The molecule has 1 saturated heterocycles. The Labute approximate surface area is 244 Å². The van der Waals surface area contributed by atoms with E-state index in [0.717, 1.165) is 6.07 Å². The van der Waals surface area contributed by atoms with Gasteiger partial charge >= 0.3 is 6.18 Å². The van der Waals surface area contributed by atoms with E-state index in [0.29, 0.717) is 24.1 Å². The summed E-state index contributed by atoms with van der Waals surface area (Å²) in [5.41, 5.74) is 5.56. The Balaban J connectivity index is 1.61. The number of carbonyl (C=O) groups excluding carboxylic acids is 2. The van der Waals surface area contributed by atoms with Gasteiger partial charge in [0.15, 0.2) is 17.6 Å². The number of aromatic nitrogens is 1. The summed E-state index contributed by atoms with van der Waals surface area (Å²) in [5, 5.41) is 4.76. The zero-order valence-electron chi connectivity index (χ0n) is 22.9. The highest BCUT2D eigenvalue weighted by Gasteiger charge is 2.42. The summed E-state index contributed by atoms with van der Waals surface area (Å²) in [4.78, 5) is 29.0. The molecule has 0 radical (unpaired) electrons. The van der Waals surface area contributed by atoms with Crippen LogP contribution in [0.3, 0.4) is 0 Å². The van der Waals surface area contributed by atoms with Crippen LogP contribution in [0.5, 0.6) is 11.5 Å². The van der Waals surface area contributed by atoms with Crippen LogP contribution in [0.2, 0.25) is 5.02 Å². The molecule has 3 aromatic rings. The fraction of sp³-hybridized carbons (Fsp3) is 0.345. The molecule has 1 aliphatic rings. The van der Waals surface area contributed by atoms with Gasteiger partial charge in [0.05, 0.1) is 23.5 Å². The molecule has 4 rings (SSSR count). The average molecular weight is 609 g/mol. The molecule has 2 amide bonds. The number of halogens is 5. The van der Waals surface area contributed by atoms with Crippen LogP contribution in [0.25, 0.3) is 11.3 Å². The van der Waals surface area contributed by atoms with Crippen LogP contribution in [-0.2, 0) is 10.3 Å². The summed E-state index contributed by atoms with van der Waals surface area (Å²) < 4.78 is 67.8. The second-order valence-electron chi connectivity index (χ2n) is 10.4. The molecular formula is C29H29ClF4N4O4. The van der Waals surface area contributed by atoms with E-state index < -0.39 is 42.0 Å². The van der Waals surface area contributed by atoms with E-state index in [9.17, 15) is 27.2 Å². The first-order valence-corrected chi connectivity index (χ1v) is 13.3. The topological polar surface area (TPSA) is 116 Å². The molecule has 224 valence electrons. The zero-order chi connectivity index (χ0) is 30.8. The summed E-state index contributed by atoms with van der Waals surface area (Å²) in [6, 6.07) is 10.5. The first-order valence-electron chi connectivity index (χ1n) is 12.9. The lowest BCUT2D eigenvalue weighted by Crippen LogP contribution is -2.36. The van der Waals surface area contributed by atoms with Crippen molar-refractivity contribution in [3.05, 3.63) is 76.2 Å². The number of methoxy groups -OCH3 is 1. The minimum atomic E-state index is -4.80. The normalized spacial score (nSPS) is 16.1. The number of alkyl halides is 3. The highest BCUT2D eigenvalue weighted by molar-refractivity contribution is 6.31. The van der Waals surface area contributed by atoms with Crippen molar-refractivity contribution in [2.45, 2.75) is 44.0 Å². The van der Waals surface area contributed by atoms with Crippen molar-refractivity contribution in [1.82, 2.24) is 15.6 Å². The highest BCUT2D eigenvalue weighted by Crippen LogP contribution is 2.37. The molecule has 0 bridgehead atoms. The SMILES string of the molecule is COc1cc(C(=O)NCC(c2cc(C(C)(C)N)cc(-c3ccc(F)c(Cl)c3)n2)C(F)(F)F)ccc1O[C@H]1CCNC1=O. The zero-order valence-corrected chi connectivity index (χ0v) is 23.7. The predicted octanol–water partition coefficient (Wildman–Crippen LogP) is 5.09. The van der Waals surface area contributed by atoms with Crippen molar-refractivity contribution in [3.8, 4) is 22.8 Å². The minimum absolute atomic E-state index is 0.0162. The van der Waals surface area contributed by atoms with Gasteiger partial charge in [-0.2, -0.15) is 13.2 Å². The first kappa shape index (κ1) is 31.0. The number of benzene rings is 2. The first-order chi connectivity index (χ1) is 19.7. The van der Waals surface area contributed by atoms with Gasteiger partial charge < -0.3 is 25.8 Å². The van der Waals surface area contributed by atoms with E-state index in [-0.39, 0.29) is 39.4 Å². The van der Waals surface area contributed by atoms with E-state index in [1.54, 1.807) is 13.8 Å². The van der Waals surface area contributed by atoms with Crippen LogP contribution >= 0.6 is 11.6 Å². The number of ether oxygens (including phenoxy) is 2. The lowest BCUT2D eigenvalue weighted by Gasteiger charge is -2.25. The summed E-state index contributed by atoms with van der Waals surface area (Å²) in [7, 11) is 1.34. The third-order valence-corrected chi connectivity index (χ3v) is 7.01. The Morgan fingerprint density at radius 2 is 1.90 bits per heavy atom. The van der Waals surface area contributed by atoms with Crippen LogP contribution in [0, 0.1) is 5.82 Å². The van der Waals surface area contributed by atoms with Crippen molar-refractivity contribution in [2.24, 2.45) is 5.73 Å². The Bertz CT molecular complexity index is 1490. The Morgan fingerprint density at radius 3 is 2.50 bits per heavy atom. The molecule has 2 aromatic carbocycles. The van der Waals surface area contributed by atoms with E-state index >= 15 is 0 Å². The molecule has 1 unspecified atom stereocenters. The molecule has 2 heterocycles. The molecule has 2 atom stereocenters. The number of hydrogen-bond acceptors (Lipinski definition) is 6. The highest BCUT2D eigenvalue weighted by atomic mass is 35.5. The van der Waals surface area contributed by atoms with Gasteiger partial charge in [-0.1, -0.05) is 11.6 Å². The maximum Gasteiger partial charge on any atom is 0.398 e. The second kappa shape index (κ2) is 12.1. The van der Waals surface area contributed by atoms with Crippen molar-refractivity contribution < 1.29 is 36.6 Å². The van der Waals surface area contributed by atoms with Gasteiger partial charge in [-0.05, 0) is 67.9 Å². The minimum Gasteiger partial charge on any atom is -0.493 e. The second-order valence-corrected chi connectivity index (χ2v) is 10.8. The number of nitrogens with one attached hydrogen (secondary N) is 2. The quantitative estimate of drug-likeness (QED) is 0.292.